The van der Waals surface area contributed by atoms with E-state index < -0.39 is 11.9 Å². The van der Waals surface area contributed by atoms with Crippen molar-refractivity contribution < 1.29 is 28.9 Å². The summed E-state index contributed by atoms with van der Waals surface area (Å²) < 4.78 is 2.96. The average Bonchev–Trinajstić information content (AvgIpc) is 3.48. The molecule has 9 nitrogen and oxygen atoms in total. The summed E-state index contributed by atoms with van der Waals surface area (Å²) in [4.78, 5) is 34.2. The van der Waals surface area contributed by atoms with Crippen molar-refractivity contribution in [3.05, 3.63) is 94.0 Å². The molecule has 0 spiro atoms. The maximum atomic E-state index is 10.9. The molecular weight excluding hydrogens is 662 g/mol. The second-order valence-electron chi connectivity index (χ2n) is 15.8. The molecule has 0 bridgehead atoms. The Morgan fingerprint density at radius 2 is 1.65 bits per heavy atom. The van der Waals surface area contributed by atoms with Gasteiger partial charge in [0.1, 0.15) is 18.9 Å². The quantitative estimate of drug-likeness (QED) is 0.110. The number of pyridine rings is 1. The lowest BCUT2D eigenvalue weighted by Gasteiger charge is -2.35. The van der Waals surface area contributed by atoms with Gasteiger partial charge in [-0.15, -0.1) is 0 Å². The Bertz CT molecular complexity index is 1800. The molecule has 0 saturated carbocycles. The summed E-state index contributed by atoms with van der Waals surface area (Å²) in [6, 6.07) is 4.23. The molecule has 4 aliphatic heterocycles. The molecule has 0 aromatic carbocycles. The third-order valence-electron chi connectivity index (χ3n) is 10.4. The number of unbranched alkanes of at least 4 members (excludes halogenated alkanes) is 4. The number of allylic oxidation sites excluding steroid dienone is 6. The minimum atomic E-state index is -0.742. The first kappa shape index (κ1) is 38.2. The molecule has 0 atom stereocenters. The number of hydrogen-bond acceptors (Lipinski definition) is 5. The van der Waals surface area contributed by atoms with Crippen molar-refractivity contribution in [2.75, 3.05) is 33.7 Å². The Hall–Kier alpha value is -4.08. The second kappa shape index (κ2) is 15.7. The van der Waals surface area contributed by atoms with Gasteiger partial charge in [0.2, 0.25) is 0 Å². The van der Waals surface area contributed by atoms with Gasteiger partial charge in [0, 0.05) is 47.7 Å². The zero-order valence-corrected chi connectivity index (χ0v) is 31.8. The van der Waals surface area contributed by atoms with Crippen LogP contribution in [0.25, 0.3) is 0 Å². The van der Waals surface area contributed by atoms with E-state index in [1.165, 1.54) is 11.1 Å². The molecule has 0 fully saturated rings. The summed E-state index contributed by atoms with van der Waals surface area (Å²) >= 11 is 7.19. The molecule has 10 heteroatoms. The highest BCUT2D eigenvalue weighted by atomic mass is 35.5. The van der Waals surface area contributed by atoms with Gasteiger partial charge in [0.25, 0.3) is 0 Å². The van der Waals surface area contributed by atoms with E-state index in [4.69, 9.17) is 31.8 Å². The number of aliphatic carboxylic acids is 2. The van der Waals surface area contributed by atoms with Gasteiger partial charge >= 0.3 is 17.8 Å². The predicted octanol–water partition coefficient (Wildman–Crippen LogP) is 7.77. The summed E-state index contributed by atoms with van der Waals surface area (Å²) in [5, 5.41) is 18.7. The van der Waals surface area contributed by atoms with Crippen molar-refractivity contribution in [2.45, 2.75) is 91.0 Å². The van der Waals surface area contributed by atoms with E-state index in [1.54, 1.807) is 0 Å². The molecule has 2 N–H and O–H groups in total. The zero-order chi connectivity index (χ0) is 37.0. The third-order valence-corrected chi connectivity index (χ3v) is 10.9. The fourth-order valence-corrected chi connectivity index (χ4v) is 7.60. The zero-order valence-electron chi connectivity index (χ0n) is 31.1. The lowest BCUT2D eigenvalue weighted by Crippen LogP contribution is -2.45. The number of quaternary nitrogens is 1. The van der Waals surface area contributed by atoms with Gasteiger partial charge in [0.05, 0.1) is 48.5 Å². The average molecular weight is 716 g/mol. The Balaban J connectivity index is 1.35. The summed E-state index contributed by atoms with van der Waals surface area (Å²) in [5.74, 6) is 0.453. The minimum Gasteiger partial charge on any atom is -0.481 e. The number of amidine groups is 1. The highest BCUT2D eigenvalue weighted by Crippen LogP contribution is 2.44. The van der Waals surface area contributed by atoms with E-state index in [2.05, 4.69) is 112 Å². The van der Waals surface area contributed by atoms with E-state index in [1.807, 2.05) is 0 Å². The molecule has 0 unspecified atom stereocenters. The van der Waals surface area contributed by atoms with Crippen LogP contribution in [0.1, 0.15) is 84.6 Å². The highest BCUT2D eigenvalue weighted by Gasteiger charge is 2.42. The second-order valence-corrected chi connectivity index (χ2v) is 16.2. The van der Waals surface area contributed by atoms with E-state index >= 15 is 0 Å². The topological polar surface area (TPSA) is 106 Å². The minimum absolute atomic E-state index is 0.210. The van der Waals surface area contributed by atoms with Crippen LogP contribution in [0, 0.1) is 5.41 Å². The number of fused-ring (bicyclic) bond motifs is 2. The number of hydrogen-bond donors (Lipinski definition) is 2. The van der Waals surface area contributed by atoms with Crippen LogP contribution in [-0.2, 0) is 21.5 Å². The predicted molar refractivity (Wildman–Crippen MR) is 204 cm³/mol. The van der Waals surface area contributed by atoms with Crippen molar-refractivity contribution >= 4 is 40.9 Å². The van der Waals surface area contributed by atoms with Gasteiger partial charge in [-0.1, -0.05) is 44.0 Å². The summed E-state index contributed by atoms with van der Waals surface area (Å²) in [5.41, 5.74) is 5.96. The van der Waals surface area contributed by atoms with Crippen LogP contribution in [0.4, 0.5) is 5.82 Å². The number of nitrogens with zero attached hydrogens (tertiary/aromatic N) is 5. The Kier molecular flexibility index (Phi) is 11.7. The largest absolute Gasteiger partial charge is 0.481 e. The molecular formula is C41H54ClN5O4+2. The lowest BCUT2D eigenvalue weighted by molar-refractivity contribution is -0.881. The highest BCUT2D eigenvalue weighted by molar-refractivity contribution is 6.32. The van der Waals surface area contributed by atoms with Gasteiger partial charge in [-0.05, 0) is 87.4 Å². The molecule has 0 saturated heterocycles. The molecule has 5 heterocycles. The first-order chi connectivity index (χ1) is 24.1. The maximum absolute atomic E-state index is 10.9. The third kappa shape index (κ3) is 8.87. The number of rotatable bonds is 15. The molecule has 4 aliphatic rings. The van der Waals surface area contributed by atoms with Crippen molar-refractivity contribution in [3.8, 4) is 0 Å². The van der Waals surface area contributed by atoms with Crippen LogP contribution in [0.3, 0.4) is 0 Å². The fraction of sp³-hybridized carbons (Fsp3) is 0.488. The smallest absolute Gasteiger partial charge is 0.327 e. The number of carboxylic acid groups (broad SMARTS) is 2. The van der Waals surface area contributed by atoms with E-state index in [9.17, 15) is 9.59 Å². The number of likely N-dealkylation sites (N-methyl/N-ethyl adjacent to an activating group) is 1. The van der Waals surface area contributed by atoms with Crippen molar-refractivity contribution in [1.82, 2.24) is 4.90 Å². The number of aryl methyl sites for hydroxylation is 1. The standard InChI is InChI=1S/C41H52ClN5O4/c1-40(2)31-15-13-25-45(23-11-7-9-17-35(48)49)38(31)43-33(40)21-19-29-27-47(5,6)28-30(37(29)42)20-22-34-41(3,4)32-16-14-26-46(39(32)44-34)24-12-8-10-18-36(50)51/h13-16,19-22,25-26H,7-12,17-18,23-24,27-28H2,1-6H3/p+2. The van der Waals surface area contributed by atoms with Gasteiger partial charge in [0.15, 0.2) is 5.71 Å². The van der Waals surface area contributed by atoms with Gasteiger partial charge in [-0.2, -0.15) is 0 Å². The number of aromatic nitrogens is 1. The van der Waals surface area contributed by atoms with Gasteiger partial charge in [-0.3, -0.25) is 9.59 Å². The molecule has 5 rings (SSSR count). The van der Waals surface area contributed by atoms with E-state index in [0.717, 1.165) is 95.6 Å². The van der Waals surface area contributed by atoms with Crippen LogP contribution >= 0.6 is 11.6 Å². The number of halogens is 1. The SMILES string of the molecule is CC1(C)C2=CC=CN(CCCCCC(=O)O)C2=N/C1=C/C=C1\C[N+](C)(C)CC(/C=C/C2=Nc3c(ccc[n+]3CCCCCC(=O)O)C2(C)C)=C1Cl. The Morgan fingerprint density at radius 1 is 0.941 bits per heavy atom. The molecule has 0 aliphatic carbocycles. The fourth-order valence-electron chi connectivity index (χ4n) is 7.35. The normalized spacial score (nSPS) is 21.6. The number of carboxylic acids is 2. The molecule has 272 valence electrons. The lowest BCUT2D eigenvalue weighted by atomic mass is 9.81. The first-order valence-corrected chi connectivity index (χ1v) is 18.6. The van der Waals surface area contributed by atoms with Crippen molar-refractivity contribution in [1.29, 1.82) is 0 Å². The first-order valence-electron chi connectivity index (χ1n) is 18.2. The Morgan fingerprint density at radius 3 is 2.35 bits per heavy atom. The van der Waals surface area contributed by atoms with Gasteiger partial charge < -0.3 is 19.6 Å². The van der Waals surface area contributed by atoms with Crippen LogP contribution in [0.2, 0.25) is 0 Å². The maximum Gasteiger partial charge on any atom is 0.327 e. The van der Waals surface area contributed by atoms with Crippen molar-refractivity contribution in [2.24, 2.45) is 15.4 Å². The molecule has 1 aromatic heterocycles. The van der Waals surface area contributed by atoms with Crippen LogP contribution in [0.5, 0.6) is 0 Å². The van der Waals surface area contributed by atoms with Crippen molar-refractivity contribution in [3.63, 3.8) is 0 Å². The number of carbonyl (C=O) groups is 2. The Labute approximate surface area is 308 Å². The molecule has 0 radical (unpaired) electrons. The summed E-state index contributed by atoms with van der Waals surface area (Å²) in [6.07, 6.45) is 22.2. The number of aliphatic imine (C=N–C) groups is 2. The monoisotopic (exact) mass is 715 g/mol. The van der Waals surface area contributed by atoms with E-state index in [0.29, 0.717) is 12.8 Å². The molecule has 0 amide bonds. The molecule has 1 aromatic rings. The molecule has 51 heavy (non-hydrogen) atoms. The van der Waals surface area contributed by atoms with Crippen LogP contribution < -0.4 is 4.57 Å². The summed E-state index contributed by atoms with van der Waals surface area (Å²) in [7, 11) is 4.45. The van der Waals surface area contributed by atoms with E-state index in [-0.39, 0.29) is 23.7 Å². The van der Waals surface area contributed by atoms with Gasteiger partial charge in [-0.25, -0.2) is 9.56 Å². The van der Waals surface area contributed by atoms with Crippen LogP contribution in [0.15, 0.2) is 98.4 Å². The van der Waals surface area contributed by atoms with Crippen LogP contribution in [-0.4, -0.2) is 76.8 Å². The summed E-state index contributed by atoms with van der Waals surface area (Å²) in [6.45, 7) is 12.0.